The summed E-state index contributed by atoms with van der Waals surface area (Å²) in [6.07, 6.45) is 6.72. The van der Waals surface area contributed by atoms with Gasteiger partial charge in [0.05, 0.1) is 5.92 Å². The van der Waals surface area contributed by atoms with E-state index in [-0.39, 0.29) is 18.0 Å². The lowest BCUT2D eigenvalue weighted by atomic mass is 9.53. The van der Waals surface area contributed by atoms with Gasteiger partial charge in [-0.25, -0.2) is 0 Å². The van der Waals surface area contributed by atoms with Gasteiger partial charge in [-0.2, -0.15) is 0 Å². The molecular formula is C15H24O2. The van der Waals surface area contributed by atoms with Crippen molar-refractivity contribution >= 4 is 5.97 Å². The molecule has 17 heavy (non-hydrogen) atoms. The fourth-order valence-electron chi connectivity index (χ4n) is 4.91. The van der Waals surface area contributed by atoms with Gasteiger partial charge in [0.1, 0.15) is 6.10 Å². The van der Waals surface area contributed by atoms with Crippen molar-refractivity contribution in [3.8, 4) is 0 Å². The minimum absolute atomic E-state index is 0.0574. The van der Waals surface area contributed by atoms with Crippen LogP contribution in [0.4, 0.5) is 0 Å². The second kappa shape index (κ2) is 3.73. The third-order valence-corrected chi connectivity index (χ3v) is 5.92. The van der Waals surface area contributed by atoms with Crippen molar-refractivity contribution in [3.63, 3.8) is 0 Å². The highest BCUT2D eigenvalue weighted by molar-refractivity contribution is 5.75. The number of fused-ring (bicyclic) bond motifs is 3. The summed E-state index contributed by atoms with van der Waals surface area (Å²) in [6, 6.07) is 0. The Morgan fingerprint density at radius 2 is 2.00 bits per heavy atom. The quantitative estimate of drug-likeness (QED) is 0.603. The molecule has 3 fully saturated rings. The van der Waals surface area contributed by atoms with E-state index in [4.69, 9.17) is 4.74 Å². The zero-order chi connectivity index (χ0) is 12.2. The van der Waals surface area contributed by atoms with Crippen LogP contribution in [-0.2, 0) is 9.53 Å². The fraction of sp³-hybridized carbons (Fsp3) is 0.933. The molecule has 0 bridgehead atoms. The minimum atomic E-state index is 0.0574. The van der Waals surface area contributed by atoms with Gasteiger partial charge in [-0.3, -0.25) is 4.79 Å². The number of hydrogen-bond donors (Lipinski definition) is 0. The Morgan fingerprint density at radius 3 is 2.76 bits per heavy atom. The molecular weight excluding hydrogens is 212 g/mol. The Bertz CT molecular complexity index is 338. The Kier molecular flexibility index (Phi) is 2.53. The zero-order valence-corrected chi connectivity index (χ0v) is 11.2. The fourth-order valence-corrected chi connectivity index (χ4v) is 4.91. The molecule has 0 unspecified atom stereocenters. The first-order chi connectivity index (χ1) is 8.03. The number of carbonyl (C=O) groups excluding carboxylic acids is 1. The predicted octanol–water partition coefficient (Wildman–Crippen LogP) is 3.40. The first-order valence-corrected chi connectivity index (χ1v) is 7.23. The average molecular weight is 236 g/mol. The van der Waals surface area contributed by atoms with Gasteiger partial charge >= 0.3 is 5.97 Å². The van der Waals surface area contributed by atoms with Crippen LogP contribution >= 0.6 is 0 Å². The molecule has 0 N–H and O–H groups in total. The monoisotopic (exact) mass is 236 g/mol. The molecule has 2 nitrogen and oxygen atoms in total. The van der Waals surface area contributed by atoms with Gasteiger partial charge in [-0.05, 0) is 30.6 Å². The summed E-state index contributed by atoms with van der Waals surface area (Å²) < 4.78 is 5.74. The van der Waals surface area contributed by atoms with Crippen LogP contribution in [-0.4, -0.2) is 12.1 Å². The molecule has 1 saturated heterocycles. The molecule has 96 valence electrons. The molecule has 1 heterocycles. The number of rotatable bonds is 0. The maximum atomic E-state index is 11.8. The Labute approximate surface area is 104 Å². The van der Waals surface area contributed by atoms with Crippen molar-refractivity contribution in [3.05, 3.63) is 0 Å². The highest BCUT2D eigenvalue weighted by atomic mass is 16.6. The molecule has 0 spiro atoms. The first kappa shape index (κ1) is 11.6. The molecule has 0 amide bonds. The van der Waals surface area contributed by atoms with Crippen LogP contribution in [0.15, 0.2) is 0 Å². The smallest absolute Gasteiger partial charge is 0.309 e. The van der Waals surface area contributed by atoms with Gasteiger partial charge < -0.3 is 4.74 Å². The molecule has 0 aromatic carbocycles. The molecule has 0 aromatic heterocycles. The van der Waals surface area contributed by atoms with Crippen LogP contribution in [0.25, 0.3) is 0 Å². The van der Waals surface area contributed by atoms with E-state index in [1.54, 1.807) is 0 Å². The highest BCUT2D eigenvalue weighted by Gasteiger charge is 2.56. The van der Waals surface area contributed by atoms with Crippen LogP contribution < -0.4 is 0 Å². The number of carbonyl (C=O) groups is 1. The summed E-state index contributed by atoms with van der Waals surface area (Å²) in [4.78, 5) is 11.8. The number of esters is 1. The number of ether oxygens (including phenoxy) is 1. The molecule has 0 radical (unpaired) electrons. The largest absolute Gasteiger partial charge is 0.462 e. The van der Waals surface area contributed by atoms with E-state index in [2.05, 4.69) is 20.8 Å². The number of hydrogen-bond acceptors (Lipinski definition) is 2. The minimum Gasteiger partial charge on any atom is -0.462 e. The second-order valence-corrected chi connectivity index (χ2v) is 6.94. The van der Waals surface area contributed by atoms with E-state index < -0.39 is 0 Å². The molecule has 1 aliphatic heterocycles. The van der Waals surface area contributed by atoms with Gasteiger partial charge in [-0.1, -0.05) is 33.6 Å². The highest BCUT2D eigenvalue weighted by Crippen LogP contribution is 2.57. The van der Waals surface area contributed by atoms with Crippen molar-refractivity contribution in [2.45, 2.75) is 59.0 Å². The summed E-state index contributed by atoms with van der Waals surface area (Å²) in [5.41, 5.74) is 0.434. The lowest BCUT2D eigenvalue weighted by Gasteiger charge is -2.52. The Balaban J connectivity index is 1.92. The summed E-state index contributed by atoms with van der Waals surface area (Å²) in [5.74, 6) is 2.03. The molecule has 3 rings (SSSR count). The van der Waals surface area contributed by atoms with Gasteiger partial charge in [-0.15, -0.1) is 0 Å². The molecule has 6 atom stereocenters. The molecule has 0 aromatic rings. The zero-order valence-electron chi connectivity index (χ0n) is 11.2. The summed E-state index contributed by atoms with van der Waals surface area (Å²) >= 11 is 0. The van der Waals surface area contributed by atoms with Gasteiger partial charge in [0.15, 0.2) is 0 Å². The maximum absolute atomic E-state index is 11.8. The second-order valence-electron chi connectivity index (χ2n) is 6.94. The van der Waals surface area contributed by atoms with E-state index in [0.717, 1.165) is 5.92 Å². The molecule has 3 aliphatic rings. The topological polar surface area (TPSA) is 26.3 Å². The van der Waals surface area contributed by atoms with Crippen molar-refractivity contribution in [1.29, 1.82) is 0 Å². The third kappa shape index (κ3) is 1.56. The predicted molar refractivity (Wildman–Crippen MR) is 66.4 cm³/mol. The summed E-state index contributed by atoms with van der Waals surface area (Å²) in [7, 11) is 0. The van der Waals surface area contributed by atoms with Crippen LogP contribution in [0.5, 0.6) is 0 Å². The van der Waals surface area contributed by atoms with Crippen LogP contribution in [0.3, 0.4) is 0 Å². The van der Waals surface area contributed by atoms with Gasteiger partial charge in [0.2, 0.25) is 0 Å². The molecule has 2 saturated carbocycles. The van der Waals surface area contributed by atoms with E-state index >= 15 is 0 Å². The van der Waals surface area contributed by atoms with Gasteiger partial charge in [0, 0.05) is 11.8 Å². The standard InChI is InChI=1S/C15H24O2/c1-9-5-4-7-15(3)8-6-11-10(2)14(16)17-13(11)12(9)15/h9-13H,4-8H2,1-3H3/t9-,10-,11+,12-,13+,15-/m1/s1. The van der Waals surface area contributed by atoms with E-state index in [9.17, 15) is 4.79 Å². The summed E-state index contributed by atoms with van der Waals surface area (Å²) in [5, 5.41) is 0. The van der Waals surface area contributed by atoms with Crippen molar-refractivity contribution in [2.75, 3.05) is 0 Å². The molecule has 2 aliphatic carbocycles. The Hall–Kier alpha value is -0.530. The summed E-state index contributed by atoms with van der Waals surface area (Å²) in [6.45, 7) is 6.85. The Morgan fingerprint density at radius 1 is 1.24 bits per heavy atom. The van der Waals surface area contributed by atoms with Crippen molar-refractivity contribution in [1.82, 2.24) is 0 Å². The third-order valence-electron chi connectivity index (χ3n) is 5.92. The van der Waals surface area contributed by atoms with Gasteiger partial charge in [0.25, 0.3) is 0 Å². The molecule has 2 heteroatoms. The van der Waals surface area contributed by atoms with Crippen molar-refractivity contribution < 1.29 is 9.53 Å². The van der Waals surface area contributed by atoms with Crippen LogP contribution in [0.2, 0.25) is 0 Å². The first-order valence-electron chi connectivity index (χ1n) is 7.23. The van der Waals surface area contributed by atoms with E-state index in [1.165, 1.54) is 32.1 Å². The van der Waals surface area contributed by atoms with E-state index in [1.807, 2.05) is 0 Å². The van der Waals surface area contributed by atoms with Crippen molar-refractivity contribution in [2.24, 2.45) is 29.1 Å². The average Bonchev–Trinajstić information content (AvgIpc) is 2.54. The van der Waals surface area contributed by atoms with E-state index in [0.29, 0.717) is 17.3 Å². The SMILES string of the molecule is C[C@@H]1CCC[C@]2(C)CC[C@@H]3[C@H](OC(=O)[C@@H]3C)[C@@H]12. The maximum Gasteiger partial charge on any atom is 0.309 e. The van der Waals surface area contributed by atoms with Crippen LogP contribution in [0, 0.1) is 29.1 Å². The lowest BCUT2D eigenvalue weighted by molar-refractivity contribution is -0.152. The lowest BCUT2D eigenvalue weighted by Crippen LogP contribution is -2.49. The normalized spacial score (nSPS) is 53.8. The van der Waals surface area contributed by atoms with Crippen LogP contribution in [0.1, 0.15) is 52.9 Å².